The van der Waals surface area contributed by atoms with Crippen molar-refractivity contribution in [3.05, 3.63) is 34.9 Å². The molecule has 1 aromatic carbocycles. The first-order chi connectivity index (χ1) is 10.1. The molecule has 1 heterocycles. The van der Waals surface area contributed by atoms with Crippen LogP contribution in [0.2, 0.25) is 5.02 Å². The Kier molecular flexibility index (Phi) is 4.28. The molecule has 3 rings (SSSR count). The maximum atomic E-state index is 6.38. The van der Waals surface area contributed by atoms with Crippen molar-refractivity contribution >= 4 is 11.6 Å². The van der Waals surface area contributed by atoms with Gasteiger partial charge in [0.05, 0.1) is 0 Å². The fraction of sp³-hybridized carbons (Fsp3) is 0.647. The molecule has 0 aromatic heterocycles. The summed E-state index contributed by atoms with van der Waals surface area (Å²) in [5, 5.41) is 0.848. The molecule has 1 saturated carbocycles. The van der Waals surface area contributed by atoms with Crippen LogP contribution < -0.4 is 5.73 Å². The summed E-state index contributed by atoms with van der Waals surface area (Å²) in [7, 11) is 2.21. The maximum Gasteiger partial charge on any atom is 0.0473 e. The average molecular weight is 308 g/mol. The predicted molar refractivity (Wildman–Crippen MR) is 88.6 cm³/mol. The number of benzene rings is 1. The maximum absolute atomic E-state index is 6.38. The molecular weight excluding hydrogens is 282 g/mol. The Bertz CT molecular complexity index is 503. The van der Waals surface area contributed by atoms with Gasteiger partial charge in [0.15, 0.2) is 0 Å². The van der Waals surface area contributed by atoms with Crippen molar-refractivity contribution in [3.8, 4) is 0 Å². The second-order valence-corrected chi connectivity index (χ2v) is 7.10. The fourth-order valence-electron chi connectivity index (χ4n) is 3.67. The van der Waals surface area contributed by atoms with E-state index in [4.69, 9.17) is 17.3 Å². The van der Waals surface area contributed by atoms with Gasteiger partial charge in [0.25, 0.3) is 0 Å². The van der Waals surface area contributed by atoms with Crippen molar-refractivity contribution in [1.82, 2.24) is 9.80 Å². The van der Waals surface area contributed by atoms with Gasteiger partial charge in [-0.15, -0.1) is 0 Å². The Morgan fingerprint density at radius 1 is 1.43 bits per heavy atom. The largest absolute Gasteiger partial charge is 0.329 e. The molecule has 2 fully saturated rings. The molecule has 2 atom stereocenters. The highest BCUT2D eigenvalue weighted by molar-refractivity contribution is 6.31. The zero-order chi connectivity index (χ0) is 15.0. The van der Waals surface area contributed by atoms with Gasteiger partial charge < -0.3 is 5.73 Å². The fourth-order valence-corrected chi connectivity index (χ4v) is 3.96. The summed E-state index contributed by atoms with van der Waals surface area (Å²) < 4.78 is 0. The standard InChI is InChI=1S/C17H26ClN3/c1-13(15-5-3-4-6-16(15)18)20(2)17(11-19)9-10-21(12-17)14-7-8-14/h3-6,13-14H,7-12,19H2,1-2H3. The van der Waals surface area contributed by atoms with Crippen LogP contribution in [0.3, 0.4) is 0 Å². The van der Waals surface area contributed by atoms with Crippen LogP contribution in [0.15, 0.2) is 24.3 Å². The minimum atomic E-state index is 0.0845. The van der Waals surface area contributed by atoms with E-state index in [2.05, 4.69) is 35.9 Å². The number of hydrogen-bond donors (Lipinski definition) is 1. The van der Waals surface area contributed by atoms with E-state index in [1.165, 1.54) is 24.9 Å². The van der Waals surface area contributed by atoms with Gasteiger partial charge in [-0.1, -0.05) is 29.8 Å². The molecule has 2 unspecified atom stereocenters. The molecule has 2 N–H and O–H groups in total. The lowest BCUT2D eigenvalue weighted by Crippen LogP contribution is -2.54. The quantitative estimate of drug-likeness (QED) is 0.908. The Morgan fingerprint density at radius 2 is 2.14 bits per heavy atom. The van der Waals surface area contributed by atoms with E-state index in [1.807, 2.05) is 12.1 Å². The molecule has 1 saturated heterocycles. The third-order valence-electron chi connectivity index (χ3n) is 5.49. The van der Waals surface area contributed by atoms with Crippen molar-refractivity contribution in [2.75, 3.05) is 26.7 Å². The number of likely N-dealkylation sites (tertiary alicyclic amines) is 1. The highest BCUT2D eigenvalue weighted by Crippen LogP contribution is 2.39. The van der Waals surface area contributed by atoms with Crippen LogP contribution in [0.25, 0.3) is 0 Å². The monoisotopic (exact) mass is 307 g/mol. The first-order valence-corrected chi connectivity index (χ1v) is 8.37. The highest BCUT2D eigenvalue weighted by Gasteiger charge is 2.46. The second kappa shape index (κ2) is 5.88. The number of halogens is 1. The van der Waals surface area contributed by atoms with Crippen LogP contribution >= 0.6 is 11.6 Å². The first kappa shape index (κ1) is 15.3. The molecule has 0 radical (unpaired) electrons. The Balaban J connectivity index is 1.79. The summed E-state index contributed by atoms with van der Waals surface area (Å²) in [6, 6.07) is 9.25. The Labute approximate surface area is 133 Å². The number of nitrogens with two attached hydrogens (primary N) is 1. The summed E-state index contributed by atoms with van der Waals surface area (Å²) in [6.45, 7) is 5.22. The molecule has 3 nitrogen and oxygen atoms in total. The van der Waals surface area contributed by atoms with Gasteiger partial charge in [-0.2, -0.15) is 0 Å². The van der Waals surface area contributed by atoms with Crippen LogP contribution in [0.5, 0.6) is 0 Å². The summed E-state index contributed by atoms with van der Waals surface area (Å²) in [6.07, 6.45) is 3.89. The molecule has 1 aliphatic carbocycles. The van der Waals surface area contributed by atoms with Gasteiger partial charge >= 0.3 is 0 Å². The van der Waals surface area contributed by atoms with Crippen LogP contribution in [0.4, 0.5) is 0 Å². The highest BCUT2D eigenvalue weighted by atomic mass is 35.5. The summed E-state index contributed by atoms with van der Waals surface area (Å²) in [4.78, 5) is 5.08. The molecule has 1 aliphatic heterocycles. The third-order valence-corrected chi connectivity index (χ3v) is 5.83. The van der Waals surface area contributed by atoms with Gasteiger partial charge in [0.1, 0.15) is 0 Å². The van der Waals surface area contributed by atoms with Gasteiger partial charge in [0, 0.05) is 42.3 Å². The molecule has 4 heteroatoms. The van der Waals surface area contributed by atoms with Gasteiger partial charge in [0.2, 0.25) is 0 Å². The lowest BCUT2D eigenvalue weighted by molar-refractivity contribution is 0.0884. The zero-order valence-electron chi connectivity index (χ0n) is 13.1. The SMILES string of the molecule is CC(c1ccccc1Cl)N(C)C1(CN)CCN(C2CC2)C1. The second-order valence-electron chi connectivity index (χ2n) is 6.69. The van der Waals surface area contributed by atoms with Crippen molar-refractivity contribution in [3.63, 3.8) is 0 Å². The van der Waals surface area contributed by atoms with Crippen molar-refractivity contribution < 1.29 is 0 Å². The van der Waals surface area contributed by atoms with Crippen molar-refractivity contribution in [2.24, 2.45) is 5.73 Å². The molecule has 1 aromatic rings. The van der Waals surface area contributed by atoms with E-state index in [1.54, 1.807) is 0 Å². The average Bonchev–Trinajstić information content (AvgIpc) is 3.26. The molecule has 21 heavy (non-hydrogen) atoms. The van der Waals surface area contributed by atoms with Crippen LogP contribution in [-0.2, 0) is 0 Å². The van der Waals surface area contributed by atoms with Gasteiger partial charge in [-0.25, -0.2) is 0 Å². The van der Waals surface area contributed by atoms with Crippen LogP contribution in [0.1, 0.15) is 37.8 Å². The molecule has 2 aliphatic rings. The van der Waals surface area contributed by atoms with E-state index in [0.717, 1.165) is 24.0 Å². The van der Waals surface area contributed by atoms with Gasteiger partial charge in [-0.05, 0) is 44.9 Å². The number of rotatable bonds is 5. The van der Waals surface area contributed by atoms with E-state index >= 15 is 0 Å². The lowest BCUT2D eigenvalue weighted by atomic mass is 9.93. The van der Waals surface area contributed by atoms with Crippen molar-refractivity contribution in [2.45, 2.75) is 43.8 Å². The lowest BCUT2D eigenvalue weighted by Gasteiger charge is -2.42. The Morgan fingerprint density at radius 3 is 2.76 bits per heavy atom. The van der Waals surface area contributed by atoms with E-state index in [-0.39, 0.29) is 11.6 Å². The number of likely N-dealkylation sites (N-methyl/N-ethyl adjacent to an activating group) is 1. The molecule has 0 spiro atoms. The summed E-state index contributed by atoms with van der Waals surface area (Å²) >= 11 is 6.38. The molecule has 116 valence electrons. The smallest absolute Gasteiger partial charge is 0.0473 e. The Hall–Kier alpha value is -0.610. The van der Waals surface area contributed by atoms with E-state index in [9.17, 15) is 0 Å². The zero-order valence-corrected chi connectivity index (χ0v) is 13.8. The first-order valence-electron chi connectivity index (χ1n) is 7.99. The minimum Gasteiger partial charge on any atom is -0.329 e. The third kappa shape index (κ3) is 2.85. The molecule has 0 bridgehead atoms. The topological polar surface area (TPSA) is 32.5 Å². The minimum absolute atomic E-state index is 0.0845. The molecular formula is C17H26ClN3. The van der Waals surface area contributed by atoms with Crippen molar-refractivity contribution in [1.29, 1.82) is 0 Å². The van der Waals surface area contributed by atoms with E-state index < -0.39 is 0 Å². The van der Waals surface area contributed by atoms with E-state index in [0.29, 0.717) is 6.54 Å². The van der Waals surface area contributed by atoms with Gasteiger partial charge in [-0.3, -0.25) is 9.80 Å². The predicted octanol–water partition coefficient (Wildman–Crippen LogP) is 2.90. The summed E-state index contributed by atoms with van der Waals surface area (Å²) in [5.74, 6) is 0. The number of hydrogen-bond acceptors (Lipinski definition) is 3. The molecule has 0 amide bonds. The van der Waals surface area contributed by atoms with Crippen LogP contribution in [0, 0.1) is 0 Å². The van der Waals surface area contributed by atoms with Crippen LogP contribution in [-0.4, -0.2) is 48.1 Å². The number of nitrogens with zero attached hydrogens (tertiary/aromatic N) is 2. The summed E-state index contributed by atoms with van der Waals surface area (Å²) in [5.41, 5.74) is 7.48. The normalized spacial score (nSPS) is 28.2.